The van der Waals surface area contributed by atoms with E-state index in [2.05, 4.69) is 32.1 Å². The van der Waals surface area contributed by atoms with Crippen molar-refractivity contribution >= 4 is 23.1 Å². The van der Waals surface area contributed by atoms with E-state index in [0.717, 1.165) is 37.3 Å². The van der Waals surface area contributed by atoms with Crippen LogP contribution in [-0.2, 0) is 22.1 Å². The summed E-state index contributed by atoms with van der Waals surface area (Å²) >= 11 is 0. The molecular formula is C23H24F3N4O2+. The van der Waals surface area contributed by atoms with Crippen molar-refractivity contribution in [3.63, 3.8) is 0 Å². The zero-order valence-electron chi connectivity index (χ0n) is 17.4. The predicted molar refractivity (Wildman–Crippen MR) is 112 cm³/mol. The fraction of sp³-hybridized carbons (Fsp3) is 0.435. The van der Waals surface area contributed by atoms with Crippen LogP contribution in [0.2, 0.25) is 0 Å². The highest BCUT2D eigenvalue weighted by molar-refractivity contribution is 5.87. The van der Waals surface area contributed by atoms with Gasteiger partial charge in [-0.1, -0.05) is 29.2 Å². The van der Waals surface area contributed by atoms with E-state index in [1.54, 1.807) is 6.21 Å². The third-order valence-electron chi connectivity index (χ3n) is 6.17. The molecule has 2 aliphatic rings. The second-order valence-corrected chi connectivity index (χ2v) is 8.22. The average molecular weight is 445 g/mol. The van der Waals surface area contributed by atoms with Crippen molar-refractivity contribution in [3.8, 4) is 0 Å². The molecule has 1 aromatic carbocycles. The van der Waals surface area contributed by atoms with Gasteiger partial charge in [0.05, 0.1) is 24.3 Å². The molecule has 1 fully saturated rings. The molecule has 9 heteroatoms. The Labute approximate surface area is 182 Å². The molecule has 6 nitrogen and oxygen atoms in total. The lowest BCUT2D eigenvalue weighted by molar-refractivity contribution is -0.365. The maximum atomic E-state index is 13.1. The number of aryl methyl sites for hydroxylation is 1. The Morgan fingerprint density at radius 3 is 2.81 bits per heavy atom. The molecule has 3 aromatic rings. The maximum absolute atomic E-state index is 13.1. The van der Waals surface area contributed by atoms with Crippen molar-refractivity contribution in [2.24, 2.45) is 4.99 Å². The largest absolute Gasteiger partial charge is 0.431 e. The predicted octanol–water partition coefficient (Wildman–Crippen LogP) is 4.39. The number of hydrogen-bond acceptors (Lipinski definition) is 4. The van der Waals surface area contributed by atoms with E-state index in [9.17, 15) is 13.2 Å². The molecule has 168 valence electrons. The highest BCUT2D eigenvalue weighted by atomic mass is 19.4. The SMILES string of the molecule is FC(F)(F)c1cc2c(/N=C/C3c4ccccc4CC[C@H]3OC3CCOCC3)[nH+]cnc2[nH]1. The van der Waals surface area contributed by atoms with Crippen LogP contribution in [0.4, 0.5) is 19.0 Å². The number of fused-ring (bicyclic) bond motifs is 2. The maximum Gasteiger partial charge on any atom is 0.431 e. The molecule has 1 aliphatic carbocycles. The lowest BCUT2D eigenvalue weighted by Gasteiger charge is -2.34. The summed E-state index contributed by atoms with van der Waals surface area (Å²) in [4.78, 5) is 13.8. The number of benzene rings is 1. The first-order chi connectivity index (χ1) is 15.5. The molecule has 3 heterocycles. The minimum Gasteiger partial charge on any atom is -0.381 e. The quantitative estimate of drug-likeness (QED) is 0.606. The van der Waals surface area contributed by atoms with Gasteiger partial charge in [-0.25, -0.2) is 4.98 Å². The molecule has 0 radical (unpaired) electrons. The molecule has 32 heavy (non-hydrogen) atoms. The fourth-order valence-corrected chi connectivity index (χ4v) is 4.53. The number of aromatic nitrogens is 3. The van der Waals surface area contributed by atoms with Crippen LogP contribution < -0.4 is 4.98 Å². The van der Waals surface area contributed by atoms with Crippen LogP contribution in [0.15, 0.2) is 41.7 Å². The Morgan fingerprint density at radius 1 is 1.19 bits per heavy atom. The highest BCUT2D eigenvalue weighted by Crippen LogP contribution is 2.36. The second-order valence-electron chi connectivity index (χ2n) is 8.22. The third kappa shape index (κ3) is 4.27. The molecule has 1 saturated heterocycles. The Kier molecular flexibility index (Phi) is 5.69. The monoisotopic (exact) mass is 445 g/mol. The zero-order chi connectivity index (χ0) is 22.1. The molecule has 2 atom stereocenters. The number of alkyl halides is 3. The summed E-state index contributed by atoms with van der Waals surface area (Å²) in [5.41, 5.74) is 1.69. The van der Waals surface area contributed by atoms with E-state index in [1.165, 1.54) is 11.9 Å². The number of nitrogens with one attached hydrogen (secondary N) is 2. The number of H-pyrrole nitrogens is 2. The first-order valence-electron chi connectivity index (χ1n) is 10.8. The van der Waals surface area contributed by atoms with Gasteiger partial charge in [0.25, 0.3) is 5.82 Å². The minimum atomic E-state index is -4.48. The van der Waals surface area contributed by atoms with Crippen LogP contribution in [0.5, 0.6) is 0 Å². The normalized spacial score (nSPS) is 22.5. The van der Waals surface area contributed by atoms with E-state index >= 15 is 0 Å². The number of hydrogen-bond donors (Lipinski definition) is 1. The topological polar surface area (TPSA) is 73.6 Å². The Bertz CT molecular complexity index is 1120. The van der Waals surface area contributed by atoms with Crippen molar-refractivity contribution in [3.05, 3.63) is 53.5 Å². The number of aromatic amines is 2. The van der Waals surface area contributed by atoms with E-state index in [4.69, 9.17) is 9.47 Å². The van der Waals surface area contributed by atoms with Crippen molar-refractivity contribution < 1.29 is 27.6 Å². The molecule has 1 unspecified atom stereocenters. The minimum absolute atomic E-state index is 0.0500. The van der Waals surface area contributed by atoms with Gasteiger partial charge in [-0.3, -0.25) is 0 Å². The molecule has 5 rings (SSSR count). The number of aliphatic imine (C=N–C) groups is 1. The molecule has 0 spiro atoms. The van der Waals surface area contributed by atoms with E-state index in [0.29, 0.717) is 24.4 Å². The number of rotatable bonds is 4. The van der Waals surface area contributed by atoms with Gasteiger partial charge < -0.3 is 14.5 Å². The molecule has 2 N–H and O–H groups in total. The van der Waals surface area contributed by atoms with Crippen LogP contribution in [0.25, 0.3) is 11.0 Å². The van der Waals surface area contributed by atoms with Crippen molar-refractivity contribution in [1.82, 2.24) is 9.97 Å². The van der Waals surface area contributed by atoms with E-state index < -0.39 is 11.9 Å². The van der Waals surface area contributed by atoms with Crippen molar-refractivity contribution in [1.29, 1.82) is 0 Å². The first kappa shape index (κ1) is 21.1. The van der Waals surface area contributed by atoms with Crippen LogP contribution >= 0.6 is 0 Å². The molecule has 0 amide bonds. The van der Waals surface area contributed by atoms with Crippen LogP contribution in [0.3, 0.4) is 0 Å². The average Bonchev–Trinajstić information content (AvgIpc) is 3.25. The summed E-state index contributed by atoms with van der Waals surface area (Å²) in [5.74, 6) is 0.232. The van der Waals surface area contributed by atoms with Gasteiger partial charge >= 0.3 is 6.18 Å². The van der Waals surface area contributed by atoms with Gasteiger partial charge in [-0.15, -0.1) is 4.99 Å². The Hall–Kier alpha value is -2.78. The van der Waals surface area contributed by atoms with Gasteiger partial charge in [0.15, 0.2) is 0 Å². The summed E-state index contributed by atoms with van der Waals surface area (Å²) in [6.45, 7) is 1.40. The third-order valence-corrected chi connectivity index (χ3v) is 6.17. The molecule has 1 aliphatic heterocycles. The van der Waals surface area contributed by atoms with Gasteiger partial charge in [0.2, 0.25) is 12.0 Å². The van der Waals surface area contributed by atoms with Crippen molar-refractivity contribution in [2.45, 2.75) is 50.0 Å². The summed E-state index contributed by atoms with van der Waals surface area (Å²) in [7, 11) is 0. The molecule has 2 aromatic heterocycles. The fourth-order valence-electron chi connectivity index (χ4n) is 4.53. The number of halogens is 3. The van der Waals surface area contributed by atoms with E-state index in [1.807, 2.05) is 12.1 Å². The summed E-state index contributed by atoms with van der Waals surface area (Å²) in [5, 5.41) is 0.294. The summed E-state index contributed by atoms with van der Waals surface area (Å²) < 4.78 is 51.3. The highest BCUT2D eigenvalue weighted by Gasteiger charge is 2.35. The second kappa shape index (κ2) is 8.63. The van der Waals surface area contributed by atoms with Crippen molar-refractivity contribution in [2.75, 3.05) is 13.2 Å². The summed E-state index contributed by atoms with van der Waals surface area (Å²) in [6.07, 6.45) is 2.28. The van der Waals surface area contributed by atoms with Crippen LogP contribution in [-0.4, -0.2) is 41.6 Å². The lowest BCUT2D eigenvalue weighted by Crippen LogP contribution is -2.35. The first-order valence-corrected chi connectivity index (χ1v) is 10.8. The zero-order valence-corrected chi connectivity index (χ0v) is 17.4. The Balaban J connectivity index is 1.47. The van der Waals surface area contributed by atoms with Gasteiger partial charge in [0.1, 0.15) is 11.1 Å². The summed E-state index contributed by atoms with van der Waals surface area (Å²) in [6, 6.07) is 9.24. The lowest BCUT2D eigenvalue weighted by atomic mass is 9.81. The molecular weight excluding hydrogens is 421 g/mol. The molecule has 0 bridgehead atoms. The smallest absolute Gasteiger partial charge is 0.381 e. The number of nitrogens with zero attached hydrogens (tertiary/aromatic N) is 2. The van der Waals surface area contributed by atoms with E-state index in [-0.39, 0.29) is 23.8 Å². The van der Waals surface area contributed by atoms with Gasteiger partial charge in [-0.05, 0) is 42.9 Å². The molecule has 0 saturated carbocycles. The van der Waals surface area contributed by atoms with Crippen LogP contribution in [0.1, 0.15) is 42.0 Å². The number of ether oxygens (including phenoxy) is 2. The van der Waals surface area contributed by atoms with Gasteiger partial charge in [0, 0.05) is 13.2 Å². The van der Waals surface area contributed by atoms with Crippen LogP contribution in [0, 0.1) is 0 Å². The van der Waals surface area contributed by atoms with Gasteiger partial charge in [-0.2, -0.15) is 13.2 Å². The standard InChI is InChI=1S/C23H23F3N4O2/c24-23(25,26)20-11-17-21(28-13-29-22(17)30-20)27-12-18-16-4-2-1-3-14(16)5-6-19(18)32-15-7-9-31-10-8-15/h1-4,11-13,15,18-19H,5-10H2,(H,28,29,30)/p+1/b27-12+/t18?,19-/m1/s1. The Morgan fingerprint density at radius 2 is 2.00 bits per heavy atom.